The van der Waals surface area contributed by atoms with E-state index in [1.54, 1.807) is 12.4 Å². The van der Waals surface area contributed by atoms with Gasteiger partial charge in [0, 0.05) is 23.7 Å². The Balaban J connectivity index is 1.76. The lowest BCUT2D eigenvalue weighted by atomic mass is 10.1. The highest BCUT2D eigenvalue weighted by molar-refractivity contribution is 5.96. The third-order valence-electron chi connectivity index (χ3n) is 4.38. The van der Waals surface area contributed by atoms with Crippen molar-refractivity contribution in [2.24, 2.45) is 0 Å². The van der Waals surface area contributed by atoms with Gasteiger partial charge in [-0.15, -0.1) is 0 Å². The molecule has 1 fully saturated rings. The zero-order valence-corrected chi connectivity index (χ0v) is 13.4. The van der Waals surface area contributed by atoms with Gasteiger partial charge in [0.05, 0.1) is 11.8 Å². The topological polar surface area (TPSA) is 59.8 Å². The normalized spacial score (nSPS) is 16.9. The Bertz CT molecular complexity index is 654. The second-order valence-corrected chi connectivity index (χ2v) is 6.48. The number of fused-ring (bicyclic) bond motifs is 1. The van der Waals surface area contributed by atoms with E-state index in [1.165, 1.54) is 25.7 Å². The lowest BCUT2D eigenvalue weighted by Crippen LogP contribution is -2.34. The van der Waals surface area contributed by atoms with E-state index < -0.39 is 0 Å². The van der Waals surface area contributed by atoms with Crippen molar-refractivity contribution in [2.45, 2.75) is 64.5 Å². The van der Waals surface area contributed by atoms with Crippen LogP contribution in [0, 0.1) is 0 Å². The molecular formula is C17H24N4O. The molecule has 1 N–H and O–H groups in total. The van der Waals surface area contributed by atoms with E-state index in [0.29, 0.717) is 11.6 Å². The first-order chi connectivity index (χ1) is 10.6. The molecule has 118 valence electrons. The summed E-state index contributed by atoms with van der Waals surface area (Å²) < 4.78 is 1.88. The van der Waals surface area contributed by atoms with Crippen LogP contribution in [0.2, 0.25) is 0 Å². The van der Waals surface area contributed by atoms with E-state index in [1.807, 2.05) is 10.7 Å². The molecule has 0 atom stereocenters. The molecule has 1 aliphatic rings. The molecule has 22 heavy (non-hydrogen) atoms. The molecule has 0 radical (unpaired) electrons. The standard InChI is InChI=1S/C17H24N4O/c1-12(2)21-16-13(11-19-21)9-14(10-18-16)17(22)20-15-7-5-3-4-6-8-15/h9-12,15H,3-8H2,1-2H3,(H,20,22). The van der Waals surface area contributed by atoms with Gasteiger partial charge in [-0.2, -0.15) is 5.10 Å². The van der Waals surface area contributed by atoms with Crippen LogP contribution in [0.3, 0.4) is 0 Å². The lowest BCUT2D eigenvalue weighted by Gasteiger charge is -2.16. The van der Waals surface area contributed by atoms with Crippen LogP contribution in [0.15, 0.2) is 18.5 Å². The number of pyridine rings is 1. The first-order valence-corrected chi connectivity index (χ1v) is 8.29. The highest BCUT2D eigenvalue weighted by Gasteiger charge is 2.17. The molecule has 0 spiro atoms. The van der Waals surface area contributed by atoms with Crippen LogP contribution in [-0.2, 0) is 0 Å². The Morgan fingerprint density at radius 1 is 1.23 bits per heavy atom. The molecule has 1 aliphatic carbocycles. The summed E-state index contributed by atoms with van der Waals surface area (Å²) in [6, 6.07) is 2.46. The van der Waals surface area contributed by atoms with Crippen LogP contribution >= 0.6 is 0 Å². The molecule has 0 aliphatic heterocycles. The summed E-state index contributed by atoms with van der Waals surface area (Å²) in [7, 11) is 0. The van der Waals surface area contributed by atoms with E-state index in [2.05, 4.69) is 29.2 Å². The summed E-state index contributed by atoms with van der Waals surface area (Å²) in [6.45, 7) is 4.14. The van der Waals surface area contributed by atoms with Crippen molar-refractivity contribution in [1.82, 2.24) is 20.1 Å². The number of rotatable bonds is 3. The minimum Gasteiger partial charge on any atom is -0.349 e. The van der Waals surface area contributed by atoms with E-state index in [0.717, 1.165) is 23.9 Å². The minimum atomic E-state index is -0.0152. The minimum absolute atomic E-state index is 0.0152. The molecule has 1 saturated carbocycles. The molecule has 2 aromatic heterocycles. The van der Waals surface area contributed by atoms with Gasteiger partial charge in [0.25, 0.3) is 5.91 Å². The summed E-state index contributed by atoms with van der Waals surface area (Å²) in [4.78, 5) is 16.9. The van der Waals surface area contributed by atoms with Crippen molar-refractivity contribution in [1.29, 1.82) is 0 Å². The molecule has 0 unspecified atom stereocenters. The van der Waals surface area contributed by atoms with E-state index in [9.17, 15) is 4.79 Å². The van der Waals surface area contributed by atoms with Crippen LogP contribution in [0.4, 0.5) is 0 Å². The van der Waals surface area contributed by atoms with Gasteiger partial charge in [0.2, 0.25) is 0 Å². The van der Waals surface area contributed by atoms with Gasteiger partial charge in [0.15, 0.2) is 5.65 Å². The van der Waals surface area contributed by atoms with Crippen LogP contribution in [0.5, 0.6) is 0 Å². The molecule has 3 rings (SSSR count). The van der Waals surface area contributed by atoms with Crippen LogP contribution < -0.4 is 5.32 Å². The fourth-order valence-corrected chi connectivity index (χ4v) is 3.13. The van der Waals surface area contributed by atoms with Crippen molar-refractivity contribution in [3.8, 4) is 0 Å². The van der Waals surface area contributed by atoms with E-state index in [-0.39, 0.29) is 11.9 Å². The average molecular weight is 300 g/mol. The van der Waals surface area contributed by atoms with Crippen molar-refractivity contribution in [2.75, 3.05) is 0 Å². The quantitative estimate of drug-likeness (QED) is 0.883. The fraction of sp³-hybridized carbons (Fsp3) is 0.588. The number of carbonyl (C=O) groups is 1. The molecule has 5 nitrogen and oxygen atoms in total. The molecule has 0 aromatic carbocycles. The monoisotopic (exact) mass is 300 g/mol. The molecule has 0 bridgehead atoms. The summed E-state index contributed by atoms with van der Waals surface area (Å²) in [5.74, 6) is -0.0152. The molecule has 1 amide bonds. The van der Waals surface area contributed by atoms with Gasteiger partial charge in [-0.25, -0.2) is 9.67 Å². The second-order valence-electron chi connectivity index (χ2n) is 6.48. The summed E-state index contributed by atoms with van der Waals surface area (Å²) in [5.41, 5.74) is 1.46. The smallest absolute Gasteiger partial charge is 0.253 e. The molecule has 5 heteroatoms. The SMILES string of the molecule is CC(C)n1ncc2cc(C(=O)NC3CCCCCC3)cnc21. The maximum atomic E-state index is 12.4. The second kappa shape index (κ2) is 6.46. The number of nitrogens with one attached hydrogen (secondary N) is 1. The third kappa shape index (κ3) is 3.13. The van der Waals surface area contributed by atoms with Gasteiger partial charge in [0.1, 0.15) is 0 Å². The number of nitrogens with zero attached hydrogens (tertiary/aromatic N) is 3. The maximum Gasteiger partial charge on any atom is 0.253 e. The van der Waals surface area contributed by atoms with Crippen molar-refractivity contribution in [3.05, 3.63) is 24.0 Å². The van der Waals surface area contributed by atoms with Crippen LogP contribution in [0.25, 0.3) is 11.0 Å². The predicted molar refractivity (Wildman–Crippen MR) is 86.9 cm³/mol. The average Bonchev–Trinajstić information content (AvgIpc) is 2.77. The maximum absolute atomic E-state index is 12.4. The molecule has 2 aromatic rings. The van der Waals surface area contributed by atoms with E-state index in [4.69, 9.17) is 0 Å². The summed E-state index contributed by atoms with van der Waals surface area (Å²) in [5, 5.41) is 8.43. The van der Waals surface area contributed by atoms with Crippen molar-refractivity contribution in [3.63, 3.8) is 0 Å². The van der Waals surface area contributed by atoms with Gasteiger partial charge in [-0.1, -0.05) is 25.7 Å². The number of aromatic nitrogens is 3. The summed E-state index contributed by atoms with van der Waals surface area (Å²) >= 11 is 0. The Labute approximate surface area is 131 Å². The number of carbonyl (C=O) groups excluding carboxylic acids is 1. The zero-order valence-electron chi connectivity index (χ0n) is 13.4. The van der Waals surface area contributed by atoms with Crippen LogP contribution in [0.1, 0.15) is 68.8 Å². The molecular weight excluding hydrogens is 276 g/mol. The Kier molecular flexibility index (Phi) is 4.41. The van der Waals surface area contributed by atoms with E-state index >= 15 is 0 Å². The number of hydrogen-bond donors (Lipinski definition) is 1. The van der Waals surface area contributed by atoms with Gasteiger partial charge in [-0.3, -0.25) is 4.79 Å². The Morgan fingerprint density at radius 2 is 1.95 bits per heavy atom. The van der Waals surface area contributed by atoms with Gasteiger partial charge >= 0.3 is 0 Å². The van der Waals surface area contributed by atoms with Crippen molar-refractivity contribution < 1.29 is 4.79 Å². The Hall–Kier alpha value is -1.91. The number of amides is 1. The van der Waals surface area contributed by atoms with Crippen LogP contribution in [-0.4, -0.2) is 26.7 Å². The molecule has 0 saturated heterocycles. The van der Waals surface area contributed by atoms with Crippen molar-refractivity contribution >= 4 is 16.9 Å². The largest absolute Gasteiger partial charge is 0.349 e. The third-order valence-corrected chi connectivity index (χ3v) is 4.38. The van der Waals surface area contributed by atoms with Gasteiger partial charge < -0.3 is 5.32 Å². The summed E-state index contributed by atoms with van der Waals surface area (Å²) in [6.07, 6.45) is 10.6. The Morgan fingerprint density at radius 3 is 2.64 bits per heavy atom. The lowest BCUT2D eigenvalue weighted by molar-refractivity contribution is 0.0933. The predicted octanol–water partition coefficient (Wildman–Crippen LogP) is 3.46. The zero-order chi connectivity index (χ0) is 15.5. The first-order valence-electron chi connectivity index (χ1n) is 8.29. The molecule has 2 heterocycles. The highest BCUT2D eigenvalue weighted by atomic mass is 16.1. The first kappa shape index (κ1) is 15.0. The highest BCUT2D eigenvalue weighted by Crippen LogP contribution is 2.19. The van der Waals surface area contributed by atoms with Gasteiger partial charge in [-0.05, 0) is 32.8 Å². The number of hydrogen-bond acceptors (Lipinski definition) is 3. The fourth-order valence-electron chi connectivity index (χ4n) is 3.13.